The number of aromatic nitrogens is 1. The summed E-state index contributed by atoms with van der Waals surface area (Å²) in [4.78, 5) is 17.6. The molecule has 0 bridgehead atoms. The molecule has 19 heavy (non-hydrogen) atoms. The number of nitrogens with zero attached hydrogens (tertiary/aromatic N) is 2. The first kappa shape index (κ1) is 14.4. The summed E-state index contributed by atoms with van der Waals surface area (Å²) >= 11 is 1.64. The van der Waals surface area contributed by atoms with Crippen LogP contribution in [0, 0.1) is 0 Å². The van der Waals surface area contributed by atoms with E-state index in [9.17, 15) is 4.79 Å². The van der Waals surface area contributed by atoms with Gasteiger partial charge in [0.15, 0.2) is 6.10 Å². The molecule has 0 radical (unpaired) electrons. The van der Waals surface area contributed by atoms with Crippen LogP contribution < -0.4 is 0 Å². The largest absolute Gasteiger partial charge is 0.479 e. The summed E-state index contributed by atoms with van der Waals surface area (Å²) in [6.07, 6.45) is -0.712. The van der Waals surface area contributed by atoms with E-state index in [1.165, 1.54) is 0 Å². The Kier molecular flexibility index (Phi) is 4.23. The molecule has 0 spiro atoms. The van der Waals surface area contributed by atoms with E-state index in [1.54, 1.807) is 11.3 Å². The molecule has 2 rings (SSSR count). The highest BCUT2D eigenvalue weighted by Gasteiger charge is 2.27. The van der Waals surface area contributed by atoms with Crippen molar-refractivity contribution >= 4 is 17.3 Å². The third kappa shape index (κ3) is 3.75. The molecule has 0 aromatic carbocycles. The third-order valence-electron chi connectivity index (χ3n) is 3.11. The number of hydrogen-bond acceptors (Lipinski definition) is 5. The molecule has 2 heterocycles. The van der Waals surface area contributed by atoms with E-state index < -0.39 is 12.1 Å². The molecular weight excluding hydrogens is 264 g/mol. The van der Waals surface area contributed by atoms with Crippen LogP contribution in [0.1, 0.15) is 31.5 Å². The second-order valence-corrected chi connectivity index (χ2v) is 6.75. The Morgan fingerprint density at radius 2 is 2.37 bits per heavy atom. The van der Waals surface area contributed by atoms with E-state index in [1.807, 2.05) is 0 Å². The van der Waals surface area contributed by atoms with Gasteiger partial charge in [0.2, 0.25) is 0 Å². The summed E-state index contributed by atoms with van der Waals surface area (Å²) in [5, 5.41) is 12.1. The van der Waals surface area contributed by atoms with Crippen molar-refractivity contribution in [2.24, 2.45) is 0 Å². The second-order valence-electron chi connectivity index (χ2n) is 5.81. The van der Waals surface area contributed by atoms with Crippen molar-refractivity contribution in [3.8, 4) is 0 Å². The Balaban J connectivity index is 1.97. The number of morpholine rings is 1. The number of hydrogen-bond donors (Lipinski definition) is 1. The zero-order chi connectivity index (χ0) is 14.0. The third-order valence-corrected chi connectivity index (χ3v) is 3.94. The van der Waals surface area contributed by atoms with Crippen LogP contribution in [0.2, 0.25) is 0 Å². The second kappa shape index (κ2) is 5.56. The van der Waals surface area contributed by atoms with Crippen molar-refractivity contribution in [1.82, 2.24) is 9.88 Å². The maximum Gasteiger partial charge on any atom is 0.334 e. The monoisotopic (exact) mass is 284 g/mol. The summed E-state index contributed by atoms with van der Waals surface area (Å²) < 4.78 is 5.21. The lowest BCUT2D eigenvalue weighted by Crippen LogP contribution is -2.45. The summed E-state index contributed by atoms with van der Waals surface area (Å²) in [7, 11) is 0. The van der Waals surface area contributed by atoms with Crippen LogP contribution in [-0.2, 0) is 21.5 Å². The van der Waals surface area contributed by atoms with Crippen molar-refractivity contribution in [1.29, 1.82) is 0 Å². The molecule has 1 unspecified atom stereocenters. The number of carboxylic acids is 1. The van der Waals surface area contributed by atoms with Crippen LogP contribution in [0.15, 0.2) is 5.38 Å². The average molecular weight is 284 g/mol. The summed E-state index contributed by atoms with van der Waals surface area (Å²) in [5.74, 6) is -0.890. The highest BCUT2D eigenvalue weighted by molar-refractivity contribution is 7.09. The van der Waals surface area contributed by atoms with Crippen LogP contribution in [0.5, 0.6) is 0 Å². The summed E-state index contributed by atoms with van der Waals surface area (Å²) in [6, 6.07) is 0. The highest BCUT2D eigenvalue weighted by Crippen LogP contribution is 2.24. The zero-order valence-corrected chi connectivity index (χ0v) is 12.4. The van der Waals surface area contributed by atoms with E-state index >= 15 is 0 Å². The number of rotatable bonds is 3. The lowest BCUT2D eigenvalue weighted by Gasteiger charge is -2.30. The lowest BCUT2D eigenvalue weighted by atomic mass is 9.93. The minimum atomic E-state index is -0.890. The average Bonchev–Trinajstić information content (AvgIpc) is 2.77. The summed E-state index contributed by atoms with van der Waals surface area (Å²) in [6.45, 7) is 8.78. The van der Waals surface area contributed by atoms with E-state index in [0.717, 1.165) is 17.2 Å². The van der Waals surface area contributed by atoms with E-state index in [2.05, 4.69) is 36.0 Å². The Morgan fingerprint density at radius 3 is 2.95 bits per heavy atom. The van der Waals surface area contributed by atoms with Gasteiger partial charge < -0.3 is 9.84 Å². The fraction of sp³-hybridized carbons (Fsp3) is 0.692. The Morgan fingerprint density at radius 1 is 1.63 bits per heavy atom. The first-order valence-corrected chi connectivity index (χ1v) is 7.26. The Labute approximate surface area is 117 Å². The molecular formula is C13H20N2O3S. The molecule has 1 fully saturated rings. The molecule has 1 aromatic rings. The number of aliphatic carboxylic acids is 1. The minimum absolute atomic E-state index is 0.0589. The van der Waals surface area contributed by atoms with Gasteiger partial charge in [0.05, 0.1) is 18.8 Å². The predicted molar refractivity (Wildman–Crippen MR) is 73.5 cm³/mol. The van der Waals surface area contributed by atoms with Gasteiger partial charge in [-0.25, -0.2) is 9.78 Å². The molecule has 1 N–H and O–H groups in total. The fourth-order valence-electron chi connectivity index (χ4n) is 1.91. The quantitative estimate of drug-likeness (QED) is 0.916. The molecule has 1 aliphatic rings. The number of ether oxygens (including phenoxy) is 1. The first-order chi connectivity index (χ1) is 8.86. The number of carboxylic acid groups (broad SMARTS) is 1. The predicted octanol–water partition coefficient (Wildman–Crippen LogP) is 1.73. The number of thiazole rings is 1. The van der Waals surface area contributed by atoms with Gasteiger partial charge in [-0.2, -0.15) is 0 Å². The number of carbonyl (C=O) groups is 1. The fourth-order valence-corrected chi connectivity index (χ4v) is 2.98. The van der Waals surface area contributed by atoms with E-state index in [-0.39, 0.29) is 5.41 Å². The van der Waals surface area contributed by atoms with E-state index in [0.29, 0.717) is 19.7 Å². The van der Waals surface area contributed by atoms with Gasteiger partial charge in [0.25, 0.3) is 0 Å². The van der Waals surface area contributed by atoms with Gasteiger partial charge in [-0.3, -0.25) is 4.90 Å². The standard InChI is InChI=1S/C13H20N2O3S/c1-13(2,3)10-8-19-11(14-10)7-15-4-5-18-9(6-15)12(16)17/h8-9H,4-7H2,1-3H3,(H,16,17). The smallest absolute Gasteiger partial charge is 0.334 e. The highest BCUT2D eigenvalue weighted by atomic mass is 32.1. The summed E-state index contributed by atoms with van der Waals surface area (Å²) in [5.41, 5.74) is 1.15. The van der Waals surface area contributed by atoms with Crippen molar-refractivity contribution in [3.63, 3.8) is 0 Å². The molecule has 1 atom stereocenters. The van der Waals surface area contributed by atoms with Crippen LogP contribution in [0.25, 0.3) is 0 Å². The van der Waals surface area contributed by atoms with Crippen LogP contribution in [-0.4, -0.2) is 46.8 Å². The maximum atomic E-state index is 10.9. The van der Waals surface area contributed by atoms with Gasteiger partial charge >= 0.3 is 5.97 Å². The van der Waals surface area contributed by atoms with Crippen LogP contribution >= 0.6 is 11.3 Å². The molecule has 0 amide bonds. The topological polar surface area (TPSA) is 62.7 Å². The van der Waals surface area contributed by atoms with E-state index in [4.69, 9.17) is 9.84 Å². The molecule has 6 heteroatoms. The zero-order valence-electron chi connectivity index (χ0n) is 11.5. The molecule has 1 aromatic heterocycles. The van der Waals surface area contributed by atoms with Crippen molar-refractivity contribution in [3.05, 3.63) is 16.1 Å². The van der Waals surface area contributed by atoms with Crippen molar-refractivity contribution in [2.75, 3.05) is 19.7 Å². The molecule has 0 aliphatic carbocycles. The van der Waals surface area contributed by atoms with Crippen LogP contribution in [0.3, 0.4) is 0 Å². The Hall–Kier alpha value is -0.980. The van der Waals surface area contributed by atoms with Crippen LogP contribution in [0.4, 0.5) is 0 Å². The van der Waals surface area contributed by atoms with Crippen molar-refractivity contribution < 1.29 is 14.6 Å². The Bertz CT molecular complexity index is 453. The van der Waals surface area contributed by atoms with Gasteiger partial charge in [0, 0.05) is 23.9 Å². The molecule has 5 nitrogen and oxygen atoms in total. The SMILES string of the molecule is CC(C)(C)c1csc(CN2CCOC(C(=O)O)C2)n1. The molecule has 1 aliphatic heterocycles. The van der Waals surface area contributed by atoms with Gasteiger partial charge in [-0.1, -0.05) is 20.8 Å². The molecule has 106 valence electrons. The lowest BCUT2D eigenvalue weighted by molar-refractivity contribution is -0.156. The normalized spacial score (nSPS) is 21.5. The van der Waals surface area contributed by atoms with Crippen molar-refractivity contribution in [2.45, 2.75) is 38.8 Å². The molecule has 0 saturated carbocycles. The minimum Gasteiger partial charge on any atom is -0.479 e. The maximum absolute atomic E-state index is 10.9. The van der Waals surface area contributed by atoms with Gasteiger partial charge in [-0.15, -0.1) is 11.3 Å². The first-order valence-electron chi connectivity index (χ1n) is 6.38. The van der Waals surface area contributed by atoms with Gasteiger partial charge in [-0.05, 0) is 0 Å². The van der Waals surface area contributed by atoms with Gasteiger partial charge in [0.1, 0.15) is 5.01 Å². The molecule has 1 saturated heterocycles.